The van der Waals surface area contributed by atoms with Crippen LogP contribution in [-0.2, 0) is 4.79 Å². The van der Waals surface area contributed by atoms with E-state index in [0.29, 0.717) is 11.8 Å². The molecule has 1 atom stereocenters. The average molecular weight is 267 g/mol. The molecule has 1 N–H and O–H groups in total. The monoisotopic (exact) mass is 267 g/mol. The second-order valence-electron chi connectivity index (χ2n) is 6.99. The van der Waals surface area contributed by atoms with Crippen LogP contribution in [0.4, 0.5) is 0 Å². The minimum Gasteiger partial charge on any atom is -0.356 e. The lowest BCUT2D eigenvalue weighted by molar-refractivity contribution is -0.126. The minimum atomic E-state index is 0.289. The van der Waals surface area contributed by atoms with Crippen molar-refractivity contribution in [2.75, 3.05) is 6.54 Å². The predicted octanol–water partition coefficient (Wildman–Crippen LogP) is 4.39. The maximum atomic E-state index is 12.1. The van der Waals surface area contributed by atoms with Crippen molar-refractivity contribution in [3.8, 4) is 0 Å². The Morgan fingerprint density at radius 1 is 1.16 bits per heavy atom. The smallest absolute Gasteiger partial charge is 0.223 e. The van der Waals surface area contributed by atoms with Gasteiger partial charge in [0.25, 0.3) is 0 Å². The van der Waals surface area contributed by atoms with Crippen LogP contribution in [0.1, 0.15) is 72.6 Å². The molecule has 1 aliphatic rings. The van der Waals surface area contributed by atoms with Gasteiger partial charge in [-0.1, -0.05) is 34.1 Å². The Bertz CT molecular complexity index is 254. The third-order valence-corrected chi connectivity index (χ3v) is 4.43. The fraction of sp³-hybridized carbons (Fsp3) is 0.941. The lowest BCUT2D eigenvalue weighted by atomic mass is 9.78. The molecule has 1 aliphatic carbocycles. The van der Waals surface area contributed by atoms with Gasteiger partial charge in [-0.05, 0) is 56.3 Å². The summed E-state index contributed by atoms with van der Waals surface area (Å²) in [5, 5.41) is 3.15. The SMILES string of the molecule is CCCC(C)CNC(=O)C1CCC(CC(C)C)CC1. The van der Waals surface area contributed by atoms with Crippen LogP contribution in [0.2, 0.25) is 0 Å². The van der Waals surface area contributed by atoms with E-state index in [1.54, 1.807) is 0 Å². The van der Waals surface area contributed by atoms with Gasteiger partial charge < -0.3 is 5.32 Å². The average Bonchev–Trinajstić information content (AvgIpc) is 2.36. The van der Waals surface area contributed by atoms with E-state index in [1.165, 1.54) is 32.1 Å². The zero-order chi connectivity index (χ0) is 14.3. The molecule has 1 rings (SSSR count). The number of carbonyl (C=O) groups is 1. The van der Waals surface area contributed by atoms with Crippen molar-refractivity contribution in [2.24, 2.45) is 23.7 Å². The summed E-state index contributed by atoms with van der Waals surface area (Å²) in [6.45, 7) is 9.89. The predicted molar refractivity (Wildman–Crippen MR) is 82.0 cm³/mol. The minimum absolute atomic E-state index is 0.289. The van der Waals surface area contributed by atoms with Crippen LogP contribution in [0.3, 0.4) is 0 Å². The Kier molecular flexibility index (Phi) is 7.48. The first kappa shape index (κ1) is 16.5. The standard InChI is InChI=1S/C17H33NO/c1-5-6-14(4)12-18-17(19)16-9-7-15(8-10-16)11-13(2)3/h13-16H,5-12H2,1-4H3,(H,18,19). The molecule has 0 heterocycles. The van der Waals surface area contributed by atoms with E-state index in [4.69, 9.17) is 0 Å². The summed E-state index contributed by atoms with van der Waals surface area (Å²) in [6, 6.07) is 0. The number of carbonyl (C=O) groups excluding carboxylic acids is 1. The molecule has 1 amide bonds. The first-order valence-electron chi connectivity index (χ1n) is 8.30. The molecule has 1 unspecified atom stereocenters. The van der Waals surface area contributed by atoms with Gasteiger partial charge in [-0.25, -0.2) is 0 Å². The molecule has 0 aromatic heterocycles. The Hall–Kier alpha value is -0.530. The van der Waals surface area contributed by atoms with Crippen LogP contribution in [0, 0.1) is 23.7 Å². The van der Waals surface area contributed by atoms with E-state index < -0.39 is 0 Å². The summed E-state index contributed by atoms with van der Waals surface area (Å²) < 4.78 is 0. The number of amides is 1. The first-order chi connectivity index (χ1) is 9.02. The van der Waals surface area contributed by atoms with Crippen LogP contribution >= 0.6 is 0 Å². The molecule has 19 heavy (non-hydrogen) atoms. The molecular weight excluding hydrogens is 234 g/mol. The van der Waals surface area contributed by atoms with Gasteiger partial charge in [0.2, 0.25) is 5.91 Å². The van der Waals surface area contributed by atoms with Crippen LogP contribution in [0.15, 0.2) is 0 Å². The topological polar surface area (TPSA) is 29.1 Å². The molecule has 0 aromatic carbocycles. The number of nitrogens with one attached hydrogen (secondary N) is 1. The van der Waals surface area contributed by atoms with Crippen LogP contribution < -0.4 is 5.32 Å². The van der Waals surface area contributed by atoms with Crippen molar-refractivity contribution >= 4 is 5.91 Å². The highest BCUT2D eigenvalue weighted by atomic mass is 16.1. The molecule has 0 aliphatic heterocycles. The van der Waals surface area contributed by atoms with E-state index in [1.807, 2.05) is 0 Å². The quantitative estimate of drug-likeness (QED) is 0.728. The van der Waals surface area contributed by atoms with Crippen molar-refractivity contribution < 1.29 is 4.79 Å². The molecule has 1 saturated carbocycles. The molecule has 1 fully saturated rings. The van der Waals surface area contributed by atoms with Gasteiger partial charge in [0.15, 0.2) is 0 Å². The Balaban J connectivity index is 2.21. The highest BCUT2D eigenvalue weighted by Gasteiger charge is 2.26. The molecule has 0 spiro atoms. The van der Waals surface area contributed by atoms with Crippen LogP contribution in [0.5, 0.6) is 0 Å². The Morgan fingerprint density at radius 2 is 1.79 bits per heavy atom. The summed E-state index contributed by atoms with van der Waals surface area (Å²) in [6.07, 6.45) is 8.46. The summed E-state index contributed by atoms with van der Waals surface area (Å²) >= 11 is 0. The summed E-state index contributed by atoms with van der Waals surface area (Å²) in [7, 11) is 0. The first-order valence-corrected chi connectivity index (χ1v) is 8.30. The molecule has 0 radical (unpaired) electrons. The van der Waals surface area contributed by atoms with Crippen LogP contribution in [0.25, 0.3) is 0 Å². The summed E-state index contributed by atoms with van der Waals surface area (Å²) in [4.78, 5) is 12.1. The van der Waals surface area contributed by atoms with E-state index in [-0.39, 0.29) is 5.92 Å². The van der Waals surface area contributed by atoms with E-state index in [2.05, 4.69) is 33.0 Å². The second-order valence-corrected chi connectivity index (χ2v) is 6.99. The normalized spacial score (nSPS) is 25.3. The summed E-state index contributed by atoms with van der Waals surface area (Å²) in [5.74, 6) is 2.88. The molecule has 2 nitrogen and oxygen atoms in total. The Labute approximate surface area is 119 Å². The van der Waals surface area contributed by atoms with Gasteiger partial charge in [-0.3, -0.25) is 4.79 Å². The van der Waals surface area contributed by atoms with Gasteiger partial charge >= 0.3 is 0 Å². The number of rotatable bonds is 7. The third-order valence-electron chi connectivity index (χ3n) is 4.43. The fourth-order valence-corrected chi connectivity index (χ4v) is 3.34. The van der Waals surface area contributed by atoms with Gasteiger partial charge in [0.05, 0.1) is 0 Å². The van der Waals surface area contributed by atoms with Gasteiger partial charge in [-0.2, -0.15) is 0 Å². The van der Waals surface area contributed by atoms with E-state index in [0.717, 1.165) is 31.2 Å². The van der Waals surface area contributed by atoms with Crippen molar-refractivity contribution in [2.45, 2.75) is 72.6 Å². The zero-order valence-corrected chi connectivity index (χ0v) is 13.4. The lowest BCUT2D eigenvalue weighted by Gasteiger charge is -2.29. The molecular formula is C17H33NO. The molecule has 0 saturated heterocycles. The maximum absolute atomic E-state index is 12.1. The zero-order valence-electron chi connectivity index (χ0n) is 13.4. The second kappa shape index (κ2) is 8.60. The van der Waals surface area contributed by atoms with Crippen molar-refractivity contribution in [1.29, 1.82) is 0 Å². The fourth-order valence-electron chi connectivity index (χ4n) is 3.34. The Morgan fingerprint density at radius 3 is 2.32 bits per heavy atom. The molecule has 112 valence electrons. The maximum Gasteiger partial charge on any atom is 0.223 e. The van der Waals surface area contributed by atoms with Gasteiger partial charge in [-0.15, -0.1) is 0 Å². The van der Waals surface area contributed by atoms with Crippen LogP contribution in [-0.4, -0.2) is 12.5 Å². The number of hydrogen-bond acceptors (Lipinski definition) is 1. The third kappa shape index (κ3) is 6.44. The molecule has 2 heteroatoms. The van der Waals surface area contributed by atoms with Crippen molar-refractivity contribution in [1.82, 2.24) is 5.32 Å². The van der Waals surface area contributed by atoms with Gasteiger partial charge in [0, 0.05) is 12.5 Å². The highest BCUT2D eigenvalue weighted by Crippen LogP contribution is 2.32. The summed E-state index contributed by atoms with van der Waals surface area (Å²) in [5.41, 5.74) is 0. The number of hydrogen-bond donors (Lipinski definition) is 1. The van der Waals surface area contributed by atoms with Gasteiger partial charge in [0.1, 0.15) is 0 Å². The molecule has 0 aromatic rings. The largest absolute Gasteiger partial charge is 0.356 e. The highest BCUT2D eigenvalue weighted by molar-refractivity contribution is 5.78. The van der Waals surface area contributed by atoms with Crippen molar-refractivity contribution in [3.05, 3.63) is 0 Å². The lowest BCUT2D eigenvalue weighted by Crippen LogP contribution is -2.35. The van der Waals surface area contributed by atoms with E-state index in [9.17, 15) is 4.79 Å². The van der Waals surface area contributed by atoms with Crippen molar-refractivity contribution in [3.63, 3.8) is 0 Å². The molecule has 0 bridgehead atoms. The van der Waals surface area contributed by atoms with E-state index >= 15 is 0 Å².